The van der Waals surface area contributed by atoms with Gasteiger partial charge in [0.25, 0.3) is 0 Å². The number of hydrogen-bond donors (Lipinski definition) is 1. The van der Waals surface area contributed by atoms with Gasteiger partial charge in [0, 0.05) is 18.0 Å². The van der Waals surface area contributed by atoms with Gasteiger partial charge in [0.15, 0.2) is 0 Å². The van der Waals surface area contributed by atoms with E-state index in [-0.39, 0.29) is 37.5 Å². The molecule has 0 aromatic heterocycles. The summed E-state index contributed by atoms with van der Waals surface area (Å²) in [7, 11) is -3.73. The Morgan fingerprint density at radius 3 is 2.37 bits per heavy atom. The summed E-state index contributed by atoms with van der Waals surface area (Å²) in [6.45, 7) is 0.351. The first-order valence-corrected chi connectivity index (χ1v) is 10.0. The number of esters is 1. The van der Waals surface area contributed by atoms with Gasteiger partial charge >= 0.3 is 5.97 Å². The predicted molar refractivity (Wildman–Crippen MR) is 98.7 cm³/mol. The Hall–Kier alpha value is -2.16. The zero-order valence-electron chi connectivity index (χ0n) is 14.4. The normalized spacial score (nSPS) is 11.2. The molecule has 0 unspecified atom stereocenters. The monoisotopic (exact) mass is 415 g/mol. The van der Waals surface area contributed by atoms with Gasteiger partial charge in [-0.2, -0.15) is 0 Å². The SMILES string of the molecule is O=C(CCCNS(=O)(=O)c1ccc(F)cc1)OCCOc1ccc(Cl)cc1. The van der Waals surface area contributed by atoms with E-state index in [1.54, 1.807) is 24.3 Å². The van der Waals surface area contributed by atoms with Crippen LogP contribution in [0.4, 0.5) is 4.39 Å². The summed E-state index contributed by atoms with van der Waals surface area (Å²) in [5.41, 5.74) is 0. The predicted octanol–water partition coefficient (Wildman–Crippen LogP) is 3.16. The number of halogens is 2. The van der Waals surface area contributed by atoms with E-state index in [9.17, 15) is 17.6 Å². The molecule has 27 heavy (non-hydrogen) atoms. The Labute approximate surface area is 162 Å². The minimum atomic E-state index is -3.73. The van der Waals surface area contributed by atoms with E-state index >= 15 is 0 Å². The van der Waals surface area contributed by atoms with E-state index < -0.39 is 21.8 Å². The van der Waals surface area contributed by atoms with Crippen molar-refractivity contribution < 1.29 is 27.1 Å². The summed E-state index contributed by atoms with van der Waals surface area (Å²) < 4.78 is 49.5. The molecule has 6 nitrogen and oxygen atoms in total. The third-order valence-electron chi connectivity index (χ3n) is 3.40. The first-order valence-electron chi connectivity index (χ1n) is 8.16. The molecule has 0 saturated carbocycles. The molecule has 146 valence electrons. The van der Waals surface area contributed by atoms with Gasteiger partial charge < -0.3 is 9.47 Å². The number of ether oxygens (including phenoxy) is 2. The van der Waals surface area contributed by atoms with Crippen molar-refractivity contribution in [2.75, 3.05) is 19.8 Å². The maximum Gasteiger partial charge on any atom is 0.305 e. The lowest BCUT2D eigenvalue weighted by atomic mass is 10.3. The first kappa shape index (κ1) is 21.1. The van der Waals surface area contributed by atoms with Gasteiger partial charge in [0.2, 0.25) is 10.0 Å². The fourth-order valence-electron chi connectivity index (χ4n) is 2.05. The first-order chi connectivity index (χ1) is 12.9. The number of carbonyl (C=O) groups excluding carboxylic acids is 1. The molecule has 9 heteroatoms. The molecule has 2 aromatic rings. The van der Waals surface area contributed by atoms with E-state index in [1.807, 2.05) is 0 Å². The molecule has 0 aliphatic heterocycles. The van der Waals surface area contributed by atoms with Crippen LogP contribution in [0.25, 0.3) is 0 Å². The van der Waals surface area contributed by atoms with E-state index in [0.717, 1.165) is 12.1 Å². The van der Waals surface area contributed by atoms with E-state index in [4.69, 9.17) is 21.1 Å². The minimum Gasteiger partial charge on any atom is -0.490 e. The molecule has 0 atom stereocenters. The Morgan fingerprint density at radius 2 is 1.70 bits per heavy atom. The van der Waals surface area contributed by atoms with Crippen LogP contribution in [0, 0.1) is 5.82 Å². The zero-order chi connectivity index (χ0) is 19.7. The summed E-state index contributed by atoms with van der Waals surface area (Å²) in [6, 6.07) is 11.3. The Morgan fingerprint density at radius 1 is 1.04 bits per heavy atom. The second-order valence-electron chi connectivity index (χ2n) is 5.48. The lowest BCUT2D eigenvalue weighted by molar-refractivity contribution is -0.144. The van der Waals surface area contributed by atoms with Crippen LogP contribution in [0.2, 0.25) is 5.02 Å². The summed E-state index contributed by atoms with van der Waals surface area (Å²) in [5.74, 6) is -0.349. The van der Waals surface area contributed by atoms with Crippen LogP contribution in [-0.2, 0) is 19.6 Å². The van der Waals surface area contributed by atoms with E-state index in [0.29, 0.717) is 10.8 Å². The number of benzene rings is 2. The molecule has 2 aromatic carbocycles. The fourth-order valence-corrected chi connectivity index (χ4v) is 3.25. The third-order valence-corrected chi connectivity index (χ3v) is 5.13. The van der Waals surface area contributed by atoms with E-state index in [2.05, 4.69) is 4.72 Å². The van der Waals surface area contributed by atoms with Gasteiger partial charge in [-0.15, -0.1) is 0 Å². The van der Waals surface area contributed by atoms with Crippen LogP contribution in [0.5, 0.6) is 5.75 Å². The molecular weight excluding hydrogens is 397 g/mol. The molecule has 2 rings (SSSR count). The minimum absolute atomic E-state index is 0.0363. The highest BCUT2D eigenvalue weighted by molar-refractivity contribution is 7.89. The van der Waals surface area contributed by atoms with Gasteiger partial charge in [0.05, 0.1) is 4.90 Å². The molecule has 1 N–H and O–H groups in total. The Bertz CT molecular complexity index is 841. The highest BCUT2D eigenvalue weighted by atomic mass is 35.5. The molecule has 0 saturated heterocycles. The average Bonchev–Trinajstić information content (AvgIpc) is 2.64. The highest BCUT2D eigenvalue weighted by Gasteiger charge is 2.13. The van der Waals surface area contributed by atoms with Gasteiger partial charge in [0.1, 0.15) is 24.8 Å². The molecule has 0 spiro atoms. The topological polar surface area (TPSA) is 81.7 Å². The number of hydrogen-bond acceptors (Lipinski definition) is 5. The highest BCUT2D eigenvalue weighted by Crippen LogP contribution is 2.15. The summed E-state index contributed by atoms with van der Waals surface area (Å²) in [6.07, 6.45) is 0.337. The fraction of sp³-hybridized carbons (Fsp3) is 0.278. The number of sulfonamides is 1. The van der Waals surface area contributed by atoms with Crippen LogP contribution in [-0.4, -0.2) is 34.1 Å². The second-order valence-corrected chi connectivity index (χ2v) is 7.68. The Balaban J connectivity index is 1.60. The van der Waals surface area contributed by atoms with Crippen molar-refractivity contribution in [2.45, 2.75) is 17.7 Å². The Kier molecular flexibility index (Phi) is 8.02. The van der Waals surface area contributed by atoms with Crippen molar-refractivity contribution in [1.82, 2.24) is 4.72 Å². The molecule has 0 heterocycles. The largest absolute Gasteiger partial charge is 0.490 e. The van der Waals surface area contributed by atoms with Gasteiger partial charge in [-0.05, 0) is 55.0 Å². The third kappa shape index (κ3) is 7.54. The van der Waals surface area contributed by atoms with E-state index in [1.165, 1.54) is 12.1 Å². The van der Waals surface area contributed by atoms with Gasteiger partial charge in [-0.25, -0.2) is 17.5 Å². The van der Waals surface area contributed by atoms with Crippen LogP contribution in [0.3, 0.4) is 0 Å². The quantitative estimate of drug-likeness (QED) is 0.476. The van der Waals surface area contributed by atoms with Crippen molar-refractivity contribution in [2.24, 2.45) is 0 Å². The van der Waals surface area contributed by atoms with Crippen LogP contribution < -0.4 is 9.46 Å². The molecule has 0 bridgehead atoms. The number of rotatable bonds is 10. The van der Waals surface area contributed by atoms with Crippen LogP contribution >= 0.6 is 11.6 Å². The lowest BCUT2D eigenvalue weighted by Gasteiger charge is -2.08. The maximum absolute atomic E-state index is 12.8. The summed E-state index contributed by atoms with van der Waals surface area (Å²) >= 11 is 5.76. The second kappa shape index (κ2) is 10.2. The van der Waals surface area contributed by atoms with Crippen LogP contribution in [0.15, 0.2) is 53.4 Å². The van der Waals surface area contributed by atoms with Crippen molar-refractivity contribution in [1.29, 1.82) is 0 Å². The van der Waals surface area contributed by atoms with Crippen molar-refractivity contribution >= 4 is 27.6 Å². The molecule has 0 radical (unpaired) electrons. The summed E-state index contributed by atoms with van der Waals surface area (Å²) in [4.78, 5) is 11.6. The van der Waals surface area contributed by atoms with Crippen LogP contribution in [0.1, 0.15) is 12.8 Å². The maximum atomic E-state index is 12.8. The van der Waals surface area contributed by atoms with Crippen molar-refractivity contribution in [3.63, 3.8) is 0 Å². The number of carbonyl (C=O) groups is 1. The molecule has 0 amide bonds. The standard InChI is InChI=1S/C18H19ClFNO5S/c19-14-3-7-16(8-4-14)25-12-13-26-18(22)2-1-11-21-27(23,24)17-9-5-15(20)6-10-17/h3-10,21H,1-2,11-13H2. The van der Waals surface area contributed by atoms with Gasteiger partial charge in [-0.3, -0.25) is 4.79 Å². The zero-order valence-corrected chi connectivity index (χ0v) is 15.9. The number of nitrogens with one attached hydrogen (secondary N) is 1. The molecular formula is C18H19ClFNO5S. The molecule has 0 aliphatic rings. The lowest BCUT2D eigenvalue weighted by Crippen LogP contribution is -2.25. The molecule has 0 aliphatic carbocycles. The summed E-state index contributed by atoms with van der Waals surface area (Å²) in [5, 5.41) is 0.601. The molecule has 0 fully saturated rings. The smallest absolute Gasteiger partial charge is 0.305 e. The average molecular weight is 416 g/mol. The van der Waals surface area contributed by atoms with Crippen molar-refractivity contribution in [3.8, 4) is 5.75 Å². The van der Waals surface area contributed by atoms with Crippen molar-refractivity contribution in [3.05, 3.63) is 59.4 Å². The van der Waals surface area contributed by atoms with Gasteiger partial charge in [-0.1, -0.05) is 11.6 Å².